The standard InChI is InChI=1S/C17H15F2N3O5/c1-27-15(10-3-2-4-11(18)7-10)9-20-16(23)17(24)21-12-5-6-13(19)14(8-12)22(25)26/h2-8,15H,9H2,1H3,(H,20,23)(H,21,24). The SMILES string of the molecule is COC(CNC(=O)C(=O)Nc1ccc(F)c([N+](=O)[O-])c1)c1cccc(F)c1. The van der Waals surface area contributed by atoms with Crippen LogP contribution in [0.15, 0.2) is 42.5 Å². The van der Waals surface area contributed by atoms with Gasteiger partial charge in [0.05, 0.1) is 11.0 Å². The highest BCUT2D eigenvalue weighted by molar-refractivity contribution is 6.39. The average molecular weight is 379 g/mol. The minimum atomic E-state index is -1.11. The number of rotatable bonds is 6. The summed E-state index contributed by atoms with van der Waals surface area (Å²) >= 11 is 0. The molecule has 0 bridgehead atoms. The molecule has 0 aliphatic rings. The van der Waals surface area contributed by atoms with Gasteiger partial charge in [-0.1, -0.05) is 12.1 Å². The van der Waals surface area contributed by atoms with E-state index in [9.17, 15) is 28.5 Å². The molecule has 0 fully saturated rings. The van der Waals surface area contributed by atoms with Crippen LogP contribution in [0.1, 0.15) is 11.7 Å². The molecule has 0 heterocycles. The first kappa shape index (κ1) is 19.9. The highest BCUT2D eigenvalue weighted by Gasteiger charge is 2.20. The fourth-order valence-electron chi connectivity index (χ4n) is 2.23. The van der Waals surface area contributed by atoms with Gasteiger partial charge in [0.2, 0.25) is 5.82 Å². The smallest absolute Gasteiger partial charge is 0.313 e. The second kappa shape index (κ2) is 8.81. The minimum Gasteiger partial charge on any atom is -0.375 e. The Balaban J connectivity index is 1.98. The van der Waals surface area contributed by atoms with Crippen molar-refractivity contribution in [2.24, 2.45) is 0 Å². The van der Waals surface area contributed by atoms with E-state index in [1.54, 1.807) is 6.07 Å². The fourth-order valence-corrected chi connectivity index (χ4v) is 2.23. The molecule has 1 atom stereocenters. The van der Waals surface area contributed by atoms with Crippen molar-refractivity contribution in [2.75, 3.05) is 19.0 Å². The number of benzene rings is 2. The van der Waals surface area contributed by atoms with Gasteiger partial charge in [0.15, 0.2) is 0 Å². The van der Waals surface area contributed by atoms with Crippen molar-refractivity contribution in [3.8, 4) is 0 Å². The molecule has 2 rings (SSSR count). The first-order chi connectivity index (χ1) is 12.8. The molecule has 0 aromatic heterocycles. The zero-order valence-electron chi connectivity index (χ0n) is 14.1. The molecule has 27 heavy (non-hydrogen) atoms. The first-order valence-electron chi connectivity index (χ1n) is 7.63. The number of ether oxygens (including phenoxy) is 1. The van der Waals surface area contributed by atoms with E-state index in [1.807, 2.05) is 0 Å². The van der Waals surface area contributed by atoms with E-state index < -0.39 is 40.2 Å². The van der Waals surface area contributed by atoms with E-state index in [4.69, 9.17) is 4.74 Å². The van der Waals surface area contributed by atoms with Crippen LogP contribution in [0.4, 0.5) is 20.2 Å². The number of amides is 2. The van der Waals surface area contributed by atoms with Gasteiger partial charge in [-0.15, -0.1) is 0 Å². The highest BCUT2D eigenvalue weighted by atomic mass is 19.1. The van der Waals surface area contributed by atoms with Crippen LogP contribution in [0.25, 0.3) is 0 Å². The Bertz CT molecular complexity index is 875. The Morgan fingerprint density at radius 3 is 2.56 bits per heavy atom. The Hall–Kier alpha value is -3.40. The monoisotopic (exact) mass is 379 g/mol. The molecule has 1 unspecified atom stereocenters. The number of nitrogens with one attached hydrogen (secondary N) is 2. The number of anilines is 1. The third-order valence-corrected chi connectivity index (χ3v) is 3.56. The molecule has 0 spiro atoms. The van der Waals surface area contributed by atoms with Crippen molar-refractivity contribution in [2.45, 2.75) is 6.10 Å². The van der Waals surface area contributed by atoms with Crippen molar-refractivity contribution >= 4 is 23.2 Å². The van der Waals surface area contributed by atoms with E-state index in [0.717, 1.165) is 18.2 Å². The summed E-state index contributed by atoms with van der Waals surface area (Å²) in [6, 6.07) is 8.25. The zero-order valence-corrected chi connectivity index (χ0v) is 14.1. The summed E-state index contributed by atoms with van der Waals surface area (Å²) in [4.78, 5) is 33.5. The van der Waals surface area contributed by atoms with Gasteiger partial charge < -0.3 is 15.4 Å². The van der Waals surface area contributed by atoms with Gasteiger partial charge in [-0.2, -0.15) is 4.39 Å². The summed E-state index contributed by atoms with van der Waals surface area (Å²) in [6.07, 6.45) is -0.690. The summed E-state index contributed by atoms with van der Waals surface area (Å²) in [6.45, 7) is -0.115. The number of carbonyl (C=O) groups is 2. The van der Waals surface area contributed by atoms with Gasteiger partial charge >= 0.3 is 17.5 Å². The van der Waals surface area contributed by atoms with Crippen molar-refractivity contribution in [3.05, 3.63) is 69.8 Å². The van der Waals surface area contributed by atoms with Crippen LogP contribution >= 0.6 is 0 Å². The summed E-state index contributed by atoms with van der Waals surface area (Å²) in [5, 5.41) is 15.1. The number of hydrogen-bond donors (Lipinski definition) is 2. The molecule has 0 aliphatic carbocycles. The first-order valence-corrected chi connectivity index (χ1v) is 7.63. The Morgan fingerprint density at radius 2 is 1.93 bits per heavy atom. The molecule has 2 aromatic rings. The van der Waals surface area contributed by atoms with E-state index >= 15 is 0 Å². The van der Waals surface area contributed by atoms with Crippen molar-refractivity contribution in [1.82, 2.24) is 5.32 Å². The normalized spacial score (nSPS) is 11.5. The number of halogens is 2. The molecule has 10 heteroatoms. The van der Waals surface area contributed by atoms with E-state index in [1.165, 1.54) is 25.3 Å². The lowest BCUT2D eigenvalue weighted by Crippen LogP contribution is -2.38. The lowest BCUT2D eigenvalue weighted by atomic mass is 10.1. The van der Waals surface area contributed by atoms with Crippen LogP contribution in [0.3, 0.4) is 0 Å². The highest BCUT2D eigenvalue weighted by Crippen LogP contribution is 2.21. The molecule has 0 radical (unpaired) electrons. The van der Waals surface area contributed by atoms with Crippen LogP contribution in [0.5, 0.6) is 0 Å². The average Bonchev–Trinajstić information content (AvgIpc) is 2.63. The van der Waals surface area contributed by atoms with E-state index in [-0.39, 0.29) is 12.2 Å². The zero-order chi connectivity index (χ0) is 20.0. The third kappa shape index (κ3) is 5.28. The molecule has 142 valence electrons. The fraction of sp³-hybridized carbons (Fsp3) is 0.176. The van der Waals surface area contributed by atoms with Crippen LogP contribution in [-0.4, -0.2) is 30.4 Å². The second-order valence-corrected chi connectivity index (χ2v) is 5.37. The molecule has 2 N–H and O–H groups in total. The van der Waals surface area contributed by atoms with Gasteiger partial charge in [0.25, 0.3) is 0 Å². The van der Waals surface area contributed by atoms with Crippen LogP contribution in [-0.2, 0) is 14.3 Å². The molecular formula is C17H15F2N3O5. The second-order valence-electron chi connectivity index (χ2n) is 5.37. The van der Waals surface area contributed by atoms with Gasteiger partial charge in [-0.3, -0.25) is 19.7 Å². The van der Waals surface area contributed by atoms with Gasteiger partial charge in [-0.25, -0.2) is 4.39 Å². The number of nitrogens with zero attached hydrogens (tertiary/aromatic N) is 1. The predicted molar refractivity (Wildman–Crippen MR) is 90.8 cm³/mol. The summed E-state index contributed by atoms with van der Waals surface area (Å²) in [5.74, 6) is -3.69. The number of methoxy groups -OCH3 is 1. The number of nitro groups is 1. The molecule has 0 saturated carbocycles. The van der Waals surface area contributed by atoms with Gasteiger partial charge in [0, 0.05) is 25.4 Å². The largest absolute Gasteiger partial charge is 0.375 e. The molecule has 8 nitrogen and oxygen atoms in total. The topological polar surface area (TPSA) is 111 Å². The molecule has 0 saturated heterocycles. The quantitative estimate of drug-likeness (QED) is 0.455. The number of nitro benzene ring substituents is 1. The number of carbonyl (C=O) groups excluding carboxylic acids is 2. The summed E-state index contributed by atoms with van der Waals surface area (Å²) in [5.41, 5.74) is -0.484. The molecule has 2 aromatic carbocycles. The third-order valence-electron chi connectivity index (χ3n) is 3.56. The minimum absolute atomic E-state index is 0.114. The van der Waals surface area contributed by atoms with Crippen LogP contribution in [0.2, 0.25) is 0 Å². The molecular weight excluding hydrogens is 364 g/mol. The lowest BCUT2D eigenvalue weighted by Gasteiger charge is -2.16. The van der Waals surface area contributed by atoms with Crippen molar-refractivity contribution in [3.63, 3.8) is 0 Å². The van der Waals surface area contributed by atoms with Crippen LogP contribution in [0, 0.1) is 21.7 Å². The Kier molecular flexibility index (Phi) is 6.50. The van der Waals surface area contributed by atoms with Gasteiger partial charge in [0.1, 0.15) is 5.82 Å². The van der Waals surface area contributed by atoms with Crippen molar-refractivity contribution in [1.29, 1.82) is 0 Å². The van der Waals surface area contributed by atoms with E-state index in [0.29, 0.717) is 5.56 Å². The maximum atomic E-state index is 13.3. The Labute approximate surface area is 152 Å². The Morgan fingerprint density at radius 1 is 1.19 bits per heavy atom. The molecule has 2 amide bonds. The predicted octanol–water partition coefficient (Wildman–Crippen LogP) is 2.32. The summed E-state index contributed by atoms with van der Waals surface area (Å²) < 4.78 is 31.7. The van der Waals surface area contributed by atoms with Gasteiger partial charge in [-0.05, 0) is 29.8 Å². The maximum absolute atomic E-state index is 13.3. The van der Waals surface area contributed by atoms with E-state index in [2.05, 4.69) is 10.6 Å². The number of hydrogen-bond acceptors (Lipinski definition) is 5. The van der Waals surface area contributed by atoms with Crippen LogP contribution < -0.4 is 10.6 Å². The molecule has 0 aliphatic heterocycles. The maximum Gasteiger partial charge on any atom is 0.313 e. The summed E-state index contributed by atoms with van der Waals surface area (Å²) in [7, 11) is 1.36. The van der Waals surface area contributed by atoms with Crippen molar-refractivity contribution < 1.29 is 28.0 Å². The lowest BCUT2D eigenvalue weighted by molar-refractivity contribution is -0.387.